The smallest absolute Gasteiger partial charge is 0.239 e. The van der Waals surface area contributed by atoms with E-state index in [9.17, 15) is 9.90 Å². The summed E-state index contributed by atoms with van der Waals surface area (Å²) >= 11 is 0. The molecule has 1 rings (SSSR count). The zero-order valence-electron chi connectivity index (χ0n) is 11.4. The summed E-state index contributed by atoms with van der Waals surface area (Å²) < 4.78 is 0. The zero-order chi connectivity index (χ0) is 13.8. The molecule has 0 aliphatic carbocycles. The number of rotatable bonds is 5. The Morgan fingerprint density at radius 2 is 1.72 bits per heavy atom. The Kier molecular flexibility index (Phi) is 4.35. The lowest BCUT2D eigenvalue weighted by Gasteiger charge is -2.38. The van der Waals surface area contributed by atoms with E-state index in [-0.39, 0.29) is 12.5 Å². The molecule has 0 aliphatic rings. The molecule has 1 amide bonds. The van der Waals surface area contributed by atoms with E-state index in [2.05, 4.69) is 10.6 Å². The molecule has 0 unspecified atom stereocenters. The van der Waals surface area contributed by atoms with Crippen LogP contribution in [0.3, 0.4) is 0 Å². The van der Waals surface area contributed by atoms with E-state index in [1.54, 1.807) is 27.7 Å². The highest BCUT2D eigenvalue weighted by Gasteiger charge is 2.36. The molecule has 1 aromatic carbocycles. The van der Waals surface area contributed by atoms with Crippen molar-refractivity contribution in [3.05, 3.63) is 30.3 Å². The van der Waals surface area contributed by atoms with Crippen LogP contribution in [-0.4, -0.2) is 28.7 Å². The molecule has 0 spiro atoms. The Morgan fingerprint density at radius 3 is 2.22 bits per heavy atom. The first-order valence-electron chi connectivity index (χ1n) is 6.05. The van der Waals surface area contributed by atoms with E-state index in [4.69, 9.17) is 0 Å². The molecule has 3 N–H and O–H groups in total. The van der Waals surface area contributed by atoms with Crippen LogP contribution >= 0.6 is 0 Å². The van der Waals surface area contributed by atoms with Gasteiger partial charge in [0.1, 0.15) is 0 Å². The van der Waals surface area contributed by atoms with Crippen LogP contribution < -0.4 is 10.6 Å². The molecule has 0 aliphatic heterocycles. The first-order chi connectivity index (χ1) is 8.22. The number of amides is 1. The summed E-state index contributed by atoms with van der Waals surface area (Å²) in [5.41, 5.74) is -0.758. The molecule has 0 aromatic heterocycles. The van der Waals surface area contributed by atoms with Crippen molar-refractivity contribution in [3.63, 3.8) is 0 Å². The highest BCUT2D eigenvalue weighted by Crippen LogP contribution is 2.20. The Bertz CT molecular complexity index is 394. The standard InChI is InChI=1S/C14H22N2O2/c1-13(2,14(3,4)18)16-12(17)10-15-11-8-6-5-7-9-11/h5-9,15,18H,10H2,1-4H3,(H,16,17). The monoisotopic (exact) mass is 250 g/mol. The third-order valence-corrected chi connectivity index (χ3v) is 3.21. The van der Waals surface area contributed by atoms with Crippen LogP contribution in [0.15, 0.2) is 30.3 Å². The number of carbonyl (C=O) groups excluding carboxylic acids is 1. The van der Waals surface area contributed by atoms with Crippen molar-refractivity contribution < 1.29 is 9.90 Å². The van der Waals surface area contributed by atoms with Crippen LogP contribution in [0.25, 0.3) is 0 Å². The average Bonchev–Trinajstić information content (AvgIpc) is 2.26. The van der Waals surface area contributed by atoms with Gasteiger partial charge in [-0.05, 0) is 39.8 Å². The Hall–Kier alpha value is -1.55. The van der Waals surface area contributed by atoms with Crippen LogP contribution in [0.2, 0.25) is 0 Å². The molecule has 0 heterocycles. The van der Waals surface area contributed by atoms with E-state index >= 15 is 0 Å². The Labute approximate surface area is 108 Å². The molecular formula is C14H22N2O2. The molecule has 18 heavy (non-hydrogen) atoms. The largest absolute Gasteiger partial charge is 0.388 e. The van der Waals surface area contributed by atoms with Gasteiger partial charge >= 0.3 is 0 Å². The summed E-state index contributed by atoms with van der Waals surface area (Å²) in [5.74, 6) is -0.147. The predicted molar refractivity (Wildman–Crippen MR) is 73.5 cm³/mol. The summed E-state index contributed by atoms with van der Waals surface area (Å²) in [6, 6.07) is 9.52. The summed E-state index contributed by atoms with van der Waals surface area (Å²) in [5, 5.41) is 15.8. The SMILES string of the molecule is CC(C)(O)C(C)(C)NC(=O)CNc1ccccc1. The quantitative estimate of drug-likeness (QED) is 0.746. The molecule has 1 aromatic rings. The van der Waals surface area contributed by atoms with E-state index in [0.717, 1.165) is 5.69 Å². The minimum Gasteiger partial charge on any atom is -0.388 e. The lowest BCUT2D eigenvalue weighted by Crippen LogP contribution is -2.58. The molecular weight excluding hydrogens is 228 g/mol. The van der Waals surface area contributed by atoms with Gasteiger partial charge < -0.3 is 15.7 Å². The minimum absolute atomic E-state index is 0.147. The number of benzene rings is 1. The number of nitrogens with one attached hydrogen (secondary N) is 2. The third-order valence-electron chi connectivity index (χ3n) is 3.21. The van der Waals surface area contributed by atoms with Gasteiger partial charge in [-0.1, -0.05) is 18.2 Å². The van der Waals surface area contributed by atoms with Crippen molar-refractivity contribution in [1.82, 2.24) is 5.32 Å². The zero-order valence-corrected chi connectivity index (χ0v) is 11.4. The molecule has 0 saturated carbocycles. The number of para-hydroxylation sites is 1. The molecule has 0 radical (unpaired) electrons. The summed E-state index contributed by atoms with van der Waals surface area (Å²) in [6.07, 6.45) is 0. The summed E-state index contributed by atoms with van der Waals surface area (Å²) in [7, 11) is 0. The minimum atomic E-state index is -0.977. The first-order valence-corrected chi connectivity index (χ1v) is 6.05. The molecule has 0 saturated heterocycles. The van der Waals surface area contributed by atoms with Crippen LogP contribution in [0.4, 0.5) is 5.69 Å². The van der Waals surface area contributed by atoms with E-state index in [1.807, 2.05) is 30.3 Å². The number of hydrogen-bond donors (Lipinski definition) is 3. The number of anilines is 1. The second-order valence-corrected chi connectivity index (χ2v) is 5.45. The summed E-state index contributed by atoms with van der Waals surface area (Å²) in [6.45, 7) is 7.14. The first kappa shape index (κ1) is 14.5. The van der Waals surface area contributed by atoms with Crippen LogP contribution in [0.5, 0.6) is 0 Å². The fourth-order valence-corrected chi connectivity index (χ4v) is 1.28. The molecule has 0 atom stereocenters. The van der Waals surface area contributed by atoms with E-state index in [0.29, 0.717) is 0 Å². The van der Waals surface area contributed by atoms with Crippen LogP contribution in [-0.2, 0) is 4.79 Å². The fourth-order valence-electron chi connectivity index (χ4n) is 1.28. The fraction of sp³-hybridized carbons (Fsp3) is 0.500. The molecule has 100 valence electrons. The maximum atomic E-state index is 11.8. The highest BCUT2D eigenvalue weighted by molar-refractivity contribution is 5.81. The van der Waals surface area contributed by atoms with Gasteiger partial charge in [0.2, 0.25) is 5.91 Å². The van der Waals surface area contributed by atoms with Crippen molar-refractivity contribution in [2.45, 2.75) is 38.8 Å². The Morgan fingerprint density at radius 1 is 1.17 bits per heavy atom. The number of aliphatic hydroxyl groups is 1. The second kappa shape index (κ2) is 5.40. The maximum absolute atomic E-state index is 11.8. The van der Waals surface area contributed by atoms with Gasteiger partial charge in [-0.15, -0.1) is 0 Å². The molecule has 4 heteroatoms. The van der Waals surface area contributed by atoms with Crippen molar-refractivity contribution in [2.24, 2.45) is 0 Å². The van der Waals surface area contributed by atoms with E-state index in [1.165, 1.54) is 0 Å². The van der Waals surface area contributed by atoms with E-state index < -0.39 is 11.1 Å². The van der Waals surface area contributed by atoms with Gasteiger partial charge in [0.25, 0.3) is 0 Å². The number of hydrogen-bond acceptors (Lipinski definition) is 3. The van der Waals surface area contributed by atoms with Gasteiger partial charge in [0, 0.05) is 5.69 Å². The van der Waals surface area contributed by atoms with Gasteiger partial charge in [0.05, 0.1) is 17.7 Å². The second-order valence-electron chi connectivity index (χ2n) is 5.45. The van der Waals surface area contributed by atoms with Crippen LogP contribution in [0, 0.1) is 0 Å². The number of carbonyl (C=O) groups is 1. The third kappa shape index (κ3) is 4.04. The lowest BCUT2D eigenvalue weighted by molar-refractivity contribution is -0.124. The van der Waals surface area contributed by atoms with Crippen molar-refractivity contribution in [3.8, 4) is 0 Å². The molecule has 0 fully saturated rings. The maximum Gasteiger partial charge on any atom is 0.239 e. The van der Waals surface area contributed by atoms with Gasteiger partial charge in [-0.25, -0.2) is 0 Å². The highest BCUT2D eigenvalue weighted by atomic mass is 16.3. The summed E-state index contributed by atoms with van der Waals surface area (Å²) in [4.78, 5) is 11.8. The van der Waals surface area contributed by atoms with Gasteiger partial charge in [0.15, 0.2) is 0 Å². The Balaban J connectivity index is 2.48. The average molecular weight is 250 g/mol. The van der Waals surface area contributed by atoms with Gasteiger partial charge in [-0.3, -0.25) is 4.79 Å². The topological polar surface area (TPSA) is 61.4 Å². The van der Waals surface area contributed by atoms with Crippen molar-refractivity contribution in [1.29, 1.82) is 0 Å². The molecule has 0 bridgehead atoms. The van der Waals surface area contributed by atoms with Crippen molar-refractivity contribution in [2.75, 3.05) is 11.9 Å². The van der Waals surface area contributed by atoms with Crippen molar-refractivity contribution >= 4 is 11.6 Å². The predicted octanol–water partition coefficient (Wildman–Crippen LogP) is 1.76. The van der Waals surface area contributed by atoms with Crippen LogP contribution in [0.1, 0.15) is 27.7 Å². The lowest BCUT2D eigenvalue weighted by atomic mass is 9.86. The molecule has 4 nitrogen and oxygen atoms in total. The normalized spacial score (nSPS) is 12.1. The van der Waals surface area contributed by atoms with Gasteiger partial charge in [-0.2, -0.15) is 0 Å².